The van der Waals surface area contributed by atoms with E-state index in [1.807, 2.05) is 0 Å². The standard InChI is InChI=1S/2C8H15NO.C2H2O4/c2*1-2-8(7-10-5-1)3-4-9-6-8;3-1(4)2(5)6/h2*9H,1-7H2;(H,3,4)(H,5,6)/t2*8-;/m00./s1. The molecule has 150 valence electrons. The minimum Gasteiger partial charge on any atom is -0.473 e. The highest BCUT2D eigenvalue weighted by Gasteiger charge is 2.36. The molecule has 0 radical (unpaired) electrons. The second-order valence-electron chi connectivity index (χ2n) is 7.78. The first-order chi connectivity index (χ1) is 12.5. The summed E-state index contributed by atoms with van der Waals surface area (Å²) >= 11 is 0. The second-order valence-corrected chi connectivity index (χ2v) is 7.78. The quantitative estimate of drug-likeness (QED) is 0.459. The van der Waals surface area contributed by atoms with Gasteiger partial charge in [-0.2, -0.15) is 0 Å². The van der Waals surface area contributed by atoms with Crippen LogP contribution in [-0.2, 0) is 19.1 Å². The minimum absolute atomic E-state index is 0.540. The zero-order valence-corrected chi connectivity index (χ0v) is 15.4. The van der Waals surface area contributed by atoms with Gasteiger partial charge in [-0.15, -0.1) is 0 Å². The molecule has 4 rings (SSSR count). The molecule has 0 unspecified atom stereocenters. The van der Waals surface area contributed by atoms with Gasteiger partial charge in [-0.05, 0) is 51.6 Å². The average molecular weight is 372 g/mol. The highest BCUT2D eigenvalue weighted by atomic mass is 16.5. The fourth-order valence-electron chi connectivity index (χ4n) is 4.08. The maximum absolute atomic E-state index is 9.10. The van der Waals surface area contributed by atoms with Crippen LogP contribution in [0.25, 0.3) is 0 Å². The third-order valence-electron chi connectivity index (χ3n) is 5.66. The Balaban J connectivity index is 0.000000146. The van der Waals surface area contributed by atoms with Gasteiger partial charge >= 0.3 is 11.9 Å². The monoisotopic (exact) mass is 372 g/mol. The van der Waals surface area contributed by atoms with E-state index in [0.717, 1.165) is 26.4 Å². The lowest BCUT2D eigenvalue weighted by Crippen LogP contribution is -2.33. The summed E-state index contributed by atoms with van der Waals surface area (Å²) in [4.78, 5) is 18.2. The van der Waals surface area contributed by atoms with Crippen molar-refractivity contribution in [3.63, 3.8) is 0 Å². The van der Waals surface area contributed by atoms with Crippen LogP contribution in [0.4, 0.5) is 0 Å². The summed E-state index contributed by atoms with van der Waals surface area (Å²) in [5, 5.41) is 21.6. The van der Waals surface area contributed by atoms with Crippen molar-refractivity contribution in [1.82, 2.24) is 10.6 Å². The van der Waals surface area contributed by atoms with Crippen molar-refractivity contribution in [1.29, 1.82) is 0 Å². The third kappa shape index (κ3) is 6.50. The number of nitrogens with one attached hydrogen (secondary N) is 2. The molecule has 4 heterocycles. The lowest BCUT2D eigenvalue weighted by atomic mass is 9.82. The van der Waals surface area contributed by atoms with Crippen LogP contribution in [0.5, 0.6) is 0 Å². The molecule has 0 saturated carbocycles. The predicted octanol–water partition coefficient (Wildman–Crippen LogP) is 0.709. The molecular formula is C18H32N2O6. The molecule has 0 amide bonds. The van der Waals surface area contributed by atoms with Gasteiger partial charge in [-0.1, -0.05) is 0 Å². The van der Waals surface area contributed by atoms with E-state index in [9.17, 15) is 0 Å². The summed E-state index contributed by atoms with van der Waals surface area (Å²) in [5.41, 5.74) is 1.08. The maximum atomic E-state index is 9.10. The maximum Gasteiger partial charge on any atom is 0.414 e. The van der Waals surface area contributed by atoms with Gasteiger partial charge in [0.15, 0.2) is 0 Å². The number of hydrogen-bond donors (Lipinski definition) is 4. The zero-order chi connectivity index (χ0) is 18.9. The molecule has 2 atom stereocenters. The minimum atomic E-state index is -1.82. The van der Waals surface area contributed by atoms with Crippen molar-refractivity contribution in [2.75, 3.05) is 52.6 Å². The largest absolute Gasteiger partial charge is 0.473 e. The van der Waals surface area contributed by atoms with E-state index in [4.69, 9.17) is 29.3 Å². The highest BCUT2D eigenvalue weighted by Crippen LogP contribution is 2.34. The van der Waals surface area contributed by atoms with Crippen molar-refractivity contribution >= 4 is 11.9 Å². The lowest BCUT2D eigenvalue weighted by molar-refractivity contribution is -0.159. The molecule has 0 bridgehead atoms. The van der Waals surface area contributed by atoms with Crippen LogP contribution in [0.1, 0.15) is 38.5 Å². The predicted molar refractivity (Wildman–Crippen MR) is 95.2 cm³/mol. The Kier molecular flexibility index (Phi) is 8.27. The first-order valence-electron chi connectivity index (χ1n) is 9.50. The van der Waals surface area contributed by atoms with E-state index in [1.54, 1.807) is 0 Å². The first-order valence-corrected chi connectivity index (χ1v) is 9.50. The van der Waals surface area contributed by atoms with Crippen LogP contribution in [-0.4, -0.2) is 74.8 Å². The SMILES string of the molecule is C1COC[C@@]2(C1)CCNC2.C1COC[C@@]2(C1)CCNC2.O=C(O)C(=O)O. The van der Waals surface area contributed by atoms with E-state index in [0.29, 0.717) is 10.8 Å². The smallest absolute Gasteiger partial charge is 0.414 e. The van der Waals surface area contributed by atoms with Crippen LogP contribution >= 0.6 is 0 Å². The van der Waals surface area contributed by atoms with Crippen LogP contribution in [0.3, 0.4) is 0 Å². The molecule has 26 heavy (non-hydrogen) atoms. The number of carboxylic acids is 2. The van der Waals surface area contributed by atoms with Gasteiger partial charge in [0.2, 0.25) is 0 Å². The first kappa shape index (κ1) is 21.1. The van der Waals surface area contributed by atoms with Gasteiger partial charge in [0, 0.05) is 37.1 Å². The van der Waals surface area contributed by atoms with Gasteiger partial charge in [-0.3, -0.25) is 0 Å². The Hall–Kier alpha value is -1.22. The molecule has 4 N–H and O–H groups in total. The van der Waals surface area contributed by atoms with Crippen molar-refractivity contribution < 1.29 is 29.3 Å². The summed E-state index contributed by atoms with van der Waals surface area (Å²) in [7, 11) is 0. The molecule has 8 heteroatoms. The Morgan fingerprint density at radius 1 is 0.731 bits per heavy atom. The number of carboxylic acid groups (broad SMARTS) is 2. The van der Waals surface area contributed by atoms with Crippen LogP contribution in [0.15, 0.2) is 0 Å². The molecule has 0 aromatic heterocycles. The summed E-state index contributed by atoms with van der Waals surface area (Å²) in [6.07, 6.45) is 7.93. The summed E-state index contributed by atoms with van der Waals surface area (Å²) in [5.74, 6) is -3.65. The third-order valence-corrected chi connectivity index (χ3v) is 5.66. The van der Waals surface area contributed by atoms with Crippen LogP contribution in [0, 0.1) is 10.8 Å². The highest BCUT2D eigenvalue weighted by molar-refractivity contribution is 6.27. The molecule has 4 aliphatic rings. The molecule has 0 aliphatic carbocycles. The fourth-order valence-corrected chi connectivity index (χ4v) is 4.08. The van der Waals surface area contributed by atoms with Crippen molar-refractivity contribution in [2.24, 2.45) is 10.8 Å². The van der Waals surface area contributed by atoms with Crippen molar-refractivity contribution in [3.05, 3.63) is 0 Å². The van der Waals surface area contributed by atoms with Crippen LogP contribution < -0.4 is 10.6 Å². The normalized spacial score (nSPS) is 33.1. The van der Waals surface area contributed by atoms with Gasteiger partial charge in [0.1, 0.15) is 0 Å². The molecule has 0 aromatic rings. The molecule has 8 nitrogen and oxygen atoms in total. The zero-order valence-electron chi connectivity index (χ0n) is 15.4. The Bertz CT molecular complexity index is 401. The van der Waals surface area contributed by atoms with Crippen molar-refractivity contribution in [3.8, 4) is 0 Å². The number of hydrogen-bond acceptors (Lipinski definition) is 6. The van der Waals surface area contributed by atoms with E-state index in [2.05, 4.69) is 10.6 Å². The number of rotatable bonds is 0. The summed E-state index contributed by atoms with van der Waals surface area (Å²) in [6.45, 7) is 8.75. The average Bonchev–Trinajstić information content (AvgIpc) is 3.28. The van der Waals surface area contributed by atoms with E-state index in [-0.39, 0.29) is 0 Å². The van der Waals surface area contributed by atoms with Crippen molar-refractivity contribution in [2.45, 2.75) is 38.5 Å². The fraction of sp³-hybridized carbons (Fsp3) is 0.889. The van der Waals surface area contributed by atoms with Gasteiger partial charge < -0.3 is 30.3 Å². The molecule has 2 spiro atoms. The van der Waals surface area contributed by atoms with Gasteiger partial charge in [0.05, 0.1) is 13.2 Å². The molecule has 4 saturated heterocycles. The molecular weight excluding hydrogens is 340 g/mol. The summed E-state index contributed by atoms with van der Waals surface area (Å²) in [6, 6.07) is 0. The lowest BCUT2D eigenvalue weighted by Gasteiger charge is -2.31. The van der Waals surface area contributed by atoms with Gasteiger partial charge in [-0.25, -0.2) is 9.59 Å². The number of aliphatic carboxylic acids is 2. The van der Waals surface area contributed by atoms with Gasteiger partial charge in [0.25, 0.3) is 0 Å². The van der Waals surface area contributed by atoms with E-state index < -0.39 is 11.9 Å². The summed E-state index contributed by atoms with van der Waals surface area (Å²) < 4.78 is 10.9. The Morgan fingerprint density at radius 3 is 1.38 bits per heavy atom. The topological polar surface area (TPSA) is 117 Å². The Morgan fingerprint density at radius 2 is 1.15 bits per heavy atom. The van der Waals surface area contributed by atoms with E-state index in [1.165, 1.54) is 64.7 Å². The molecule has 4 fully saturated rings. The molecule has 0 aromatic carbocycles. The van der Waals surface area contributed by atoms with E-state index >= 15 is 0 Å². The second kappa shape index (κ2) is 10.2. The number of ether oxygens (including phenoxy) is 2. The Labute approximate surface area is 154 Å². The molecule has 4 aliphatic heterocycles. The number of carbonyl (C=O) groups is 2. The van der Waals surface area contributed by atoms with Crippen LogP contribution in [0.2, 0.25) is 0 Å².